The summed E-state index contributed by atoms with van der Waals surface area (Å²) in [7, 11) is 0. The van der Waals surface area contributed by atoms with Crippen molar-refractivity contribution < 1.29 is 19.0 Å². The maximum Gasteiger partial charge on any atom is 0.338 e. The van der Waals surface area contributed by atoms with Crippen LogP contribution in [0.1, 0.15) is 58.8 Å². The van der Waals surface area contributed by atoms with E-state index in [0.717, 1.165) is 22.3 Å². The number of aromatic nitrogens is 1. The molecule has 2 heterocycles. The molecule has 0 spiro atoms. The summed E-state index contributed by atoms with van der Waals surface area (Å²) in [6, 6.07) is 28.4. The topological polar surface area (TPSA) is 79.1 Å². The molecule has 0 saturated carbocycles. The highest BCUT2D eigenvalue weighted by atomic mass is 32.1. The van der Waals surface area contributed by atoms with Crippen molar-refractivity contribution in [1.29, 1.82) is 0 Å². The van der Waals surface area contributed by atoms with Gasteiger partial charge in [0, 0.05) is 5.56 Å². The lowest BCUT2D eigenvalue weighted by atomic mass is 9.93. The second-order valence-corrected chi connectivity index (χ2v) is 12.7. The summed E-state index contributed by atoms with van der Waals surface area (Å²) in [5.74, 6) is 0.723. The van der Waals surface area contributed by atoms with E-state index in [1.165, 1.54) is 28.0 Å². The first-order chi connectivity index (χ1) is 23.3. The third-order valence-corrected chi connectivity index (χ3v) is 9.25. The van der Waals surface area contributed by atoms with Crippen LogP contribution in [0, 0.1) is 20.8 Å². The zero-order valence-electron chi connectivity index (χ0n) is 27.8. The molecule has 7 nitrogen and oxygen atoms in total. The van der Waals surface area contributed by atoms with Gasteiger partial charge in [-0.2, -0.15) is 0 Å². The summed E-state index contributed by atoms with van der Waals surface area (Å²) in [4.78, 5) is 33.3. The smallest absolute Gasteiger partial charge is 0.338 e. The van der Waals surface area contributed by atoms with E-state index in [1.807, 2.05) is 91.9 Å². The van der Waals surface area contributed by atoms with Crippen LogP contribution in [0.2, 0.25) is 0 Å². The fourth-order valence-electron chi connectivity index (χ4n) is 6.13. The molecule has 5 aromatic rings. The molecule has 6 rings (SSSR count). The zero-order valence-corrected chi connectivity index (χ0v) is 28.6. The van der Waals surface area contributed by atoms with Crippen LogP contribution >= 0.6 is 11.3 Å². The number of hydrogen-bond donors (Lipinski definition) is 0. The van der Waals surface area contributed by atoms with Gasteiger partial charge in [0.15, 0.2) is 16.3 Å². The summed E-state index contributed by atoms with van der Waals surface area (Å²) in [6.45, 7) is 11.1. The number of thiazole rings is 1. The van der Waals surface area contributed by atoms with E-state index in [0.29, 0.717) is 45.3 Å². The number of rotatable bonds is 10. The molecule has 0 N–H and O–H groups in total. The quantitative estimate of drug-likeness (QED) is 0.154. The standard InChI is InChI=1S/C40H38N2O5S/c1-6-45-33-22-28(18-19-32(33)47-24-31-26(4)20-25(3)21-27(31)5)23-34-38(43)42-37(30-16-12-9-13-17-30)35(39(44)46-7-2)36(41-40(42)48-34)29-14-10-8-11-15-29/h8-23,37H,6-7,24H2,1-5H3/b34-23-/t37-/m1/s1. The predicted molar refractivity (Wildman–Crippen MR) is 190 cm³/mol. The monoisotopic (exact) mass is 658 g/mol. The minimum atomic E-state index is -0.720. The molecule has 0 radical (unpaired) electrons. The maximum atomic E-state index is 14.2. The van der Waals surface area contributed by atoms with Gasteiger partial charge in [0.25, 0.3) is 5.56 Å². The number of carbonyl (C=O) groups is 1. The van der Waals surface area contributed by atoms with E-state index >= 15 is 0 Å². The van der Waals surface area contributed by atoms with Crippen LogP contribution in [-0.4, -0.2) is 23.8 Å². The summed E-state index contributed by atoms with van der Waals surface area (Å²) in [6.07, 6.45) is 1.84. The molecule has 1 aliphatic heterocycles. The van der Waals surface area contributed by atoms with Crippen LogP contribution in [0.15, 0.2) is 106 Å². The third kappa shape index (κ3) is 6.62. The van der Waals surface area contributed by atoms with E-state index in [4.69, 9.17) is 19.2 Å². The fourth-order valence-corrected chi connectivity index (χ4v) is 7.13. The van der Waals surface area contributed by atoms with Crippen molar-refractivity contribution >= 4 is 29.1 Å². The van der Waals surface area contributed by atoms with Crippen LogP contribution in [-0.2, 0) is 16.1 Å². The van der Waals surface area contributed by atoms with E-state index in [-0.39, 0.29) is 12.2 Å². The van der Waals surface area contributed by atoms with Crippen molar-refractivity contribution in [3.05, 3.63) is 155 Å². The summed E-state index contributed by atoms with van der Waals surface area (Å²) in [5.41, 5.74) is 7.67. The van der Waals surface area contributed by atoms with Gasteiger partial charge in [-0.25, -0.2) is 9.79 Å². The van der Waals surface area contributed by atoms with Crippen molar-refractivity contribution in [2.45, 2.75) is 47.3 Å². The van der Waals surface area contributed by atoms with Crippen molar-refractivity contribution in [2.75, 3.05) is 13.2 Å². The van der Waals surface area contributed by atoms with Gasteiger partial charge >= 0.3 is 5.97 Å². The Balaban J connectivity index is 1.45. The molecule has 0 saturated heterocycles. The molecule has 48 heavy (non-hydrogen) atoms. The van der Waals surface area contributed by atoms with Gasteiger partial charge in [-0.1, -0.05) is 95.8 Å². The molecular weight excluding hydrogens is 621 g/mol. The normalized spacial score (nSPS) is 14.4. The number of fused-ring (bicyclic) bond motifs is 1. The number of carbonyl (C=O) groups excluding carboxylic acids is 1. The molecule has 0 bridgehead atoms. The van der Waals surface area contributed by atoms with E-state index in [2.05, 4.69) is 32.9 Å². The lowest BCUT2D eigenvalue weighted by Gasteiger charge is -2.25. The van der Waals surface area contributed by atoms with E-state index in [9.17, 15) is 9.59 Å². The lowest BCUT2D eigenvalue weighted by molar-refractivity contribution is -0.138. The second kappa shape index (κ2) is 14.3. The van der Waals surface area contributed by atoms with Crippen molar-refractivity contribution in [3.8, 4) is 11.5 Å². The SMILES string of the molecule is CCOC(=O)C1=C(c2ccccc2)N=c2s/c(=C\c3ccc(OCc4c(C)cc(C)cc4C)c(OCC)c3)c(=O)n2[C@@H]1c1ccccc1. The maximum absolute atomic E-state index is 14.2. The van der Waals surface area contributed by atoms with E-state index < -0.39 is 12.0 Å². The Morgan fingerprint density at radius 1 is 0.854 bits per heavy atom. The molecular formula is C40H38N2O5S. The van der Waals surface area contributed by atoms with Crippen LogP contribution in [0.5, 0.6) is 11.5 Å². The zero-order chi connectivity index (χ0) is 33.8. The first kappa shape index (κ1) is 32.7. The van der Waals surface area contributed by atoms with Gasteiger partial charge < -0.3 is 14.2 Å². The first-order valence-corrected chi connectivity index (χ1v) is 16.9. The Morgan fingerprint density at radius 2 is 1.54 bits per heavy atom. The molecule has 8 heteroatoms. The predicted octanol–water partition coefficient (Wildman–Crippen LogP) is 6.84. The van der Waals surface area contributed by atoms with Crippen molar-refractivity contribution in [1.82, 2.24) is 4.57 Å². The van der Waals surface area contributed by atoms with E-state index in [1.54, 1.807) is 11.5 Å². The summed E-state index contributed by atoms with van der Waals surface area (Å²) >= 11 is 1.29. The highest BCUT2D eigenvalue weighted by molar-refractivity contribution is 7.07. The first-order valence-electron chi connectivity index (χ1n) is 16.1. The number of esters is 1. The average Bonchev–Trinajstić information content (AvgIpc) is 3.39. The van der Waals surface area contributed by atoms with Gasteiger partial charge in [0.05, 0.1) is 35.1 Å². The summed E-state index contributed by atoms with van der Waals surface area (Å²) < 4.78 is 19.9. The highest BCUT2D eigenvalue weighted by Crippen LogP contribution is 2.35. The van der Waals surface area contributed by atoms with Crippen molar-refractivity contribution in [2.24, 2.45) is 4.99 Å². The molecule has 244 valence electrons. The Labute approximate surface area is 284 Å². The molecule has 1 aliphatic rings. The van der Waals surface area contributed by atoms with Gasteiger partial charge in [-0.3, -0.25) is 9.36 Å². The van der Waals surface area contributed by atoms with Crippen LogP contribution in [0.3, 0.4) is 0 Å². The second-order valence-electron chi connectivity index (χ2n) is 11.6. The molecule has 4 aromatic carbocycles. The number of aryl methyl sites for hydroxylation is 3. The molecule has 0 amide bonds. The highest BCUT2D eigenvalue weighted by Gasteiger charge is 2.35. The minimum absolute atomic E-state index is 0.197. The minimum Gasteiger partial charge on any atom is -0.490 e. The van der Waals surface area contributed by atoms with Gasteiger partial charge in [-0.05, 0) is 80.6 Å². The van der Waals surface area contributed by atoms with Crippen LogP contribution < -0.4 is 24.4 Å². The van der Waals surface area contributed by atoms with Crippen LogP contribution in [0.4, 0.5) is 0 Å². The number of benzene rings is 4. The number of nitrogens with zero attached hydrogens (tertiary/aromatic N) is 2. The number of hydrogen-bond acceptors (Lipinski definition) is 7. The Morgan fingerprint density at radius 3 is 2.21 bits per heavy atom. The fraction of sp³-hybridized carbons (Fsp3) is 0.225. The molecule has 0 aliphatic carbocycles. The molecule has 1 aromatic heterocycles. The average molecular weight is 659 g/mol. The molecule has 1 atom stereocenters. The Hall–Kier alpha value is -5.21. The third-order valence-electron chi connectivity index (χ3n) is 8.27. The van der Waals surface area contributed by atoms with Gasteiger partial charge in [0.2, 0.25) is 0 Å². The van der Waals surface area contributed by atoms with Crippen molar-refractivity contribution in [3.63, 3.8) is 0 Å². The molecule has 0 fully saturated rings. The van der Waals surface area contributed by atoms with Gasteiger partial charge in [0.1, 0.15) is 6.61 Å². The van der Waals surface area contributed by atoms with Crippen LogP contribution in [0.25, 0.3) is 11.8 Å². The largest absolute Gasteiger partial charge is 0.490 e. The lowest BCUT2D eigenvalue weighted by Crippen LogP contribution is -2.39. The molecule has 0 unspecified atom stereocenters. The Bertz CT molecular complexity index is 2160. The Kier molecular flexibility index (Phi) is 9.73. The summed E-state index contributed by atoms with van der Waals surface area (Å²) in [5, 5.41) is 0. The van der Waals surface area contributed by atoms with Gasteiger partial charge in [-0.15, -0.1) is 0 Å². The number of ether oxygens (including phenoxy) is 3.